The number of thiophene rings is 1. The van der Waals surface area contributed by atoms with Crippen LogP contribution >= 0.6 is 11.3 Å². The van der Waals surface area contributed by atoms with E-state index in [2.05, 4.69) is 158 Å². The van der Waals surface area contributed by atoms with Crippen molar-refractivity contribution in [3.63, 3.8) is 0 Å². The van der Waals surface area contributed by atoms with Crippen LogP contribution in [0.3, 0.4) is 0 Å². The van der Waals surface area contributed by atoms with Gasteiger partial charge in [0.1, 0.15) is 11.2 Å². The van der Waals surface area contributed by atoms with Gasteiger partial charge in [-0.2, -0.15) is 0 Å². The quantitative estimate of drug-likeness (QED) is 0.164. The summed E-state index contributed by atoms with van der Waals surface area (Å²) in [6, 6.07) is 65.9. The Bertz CT molecular complexity index is 3550. The molecular formula is C53H31N3OS. The Kier molecular flexibility index (Phi) is 7.37. The zero-order valence-electron chi connectivity index (χ0n) is 31.1. The van der Waals surface area contributed by atoms with Gasteiger partial charge in [-0.1, -0.05) is 152 Å². The Hall–Kier alpha value is -7.47. The number of benzene rings is 8. The van der Waals surface area contributed by atoms with Crippen molar-refractivity contribution in [2.45, 2.75) is 0 Å². The summed E-state index contributed by atoms with van der Waals surface area (Å²) < 4.78 is 9.02. The highest BCUT2D eigenvalue weighted by Gasteiger charge is 2.21. The van der Waals surface area contributed by atoms with Crippen LogP contribution in [0.4, 0.5) is 0 Å². The number of para-hydroxylation sites is 3. The van der Waals surface area contributed by atoms with Gasteiger partial charge in [-0.3, -0.25) is 0 Å². The number of pyridine rings is 1. The summed E-state index contributed by atoms with van der Waals surface area (Å²) in [6.45, 7) is 0. The molecule has 0 aliphatic carbocycles. The second kappa shape index (κ2) is 13.1. The van der Waals surface area contributed by atoms with E-state index >= 15 is 0 Å². The van der Waals surface area contributed by atoms with Crippen molar-refractivity contribution in [2.75, 3.05) is 0 Å². The Labute approximate surface area is 337 Å². The van der Waals surface area contributed by atoms with Crippen molar-refractivity contribution in [1.29, 1.82) is 0 Å². The first-order valence-corrected chi connectivity index (χ1v) is 20.2. The van der Waals surface area contributed by atoms with E-state index in [0.717, 1.165) is 77.7 Å². The standard InChI is InChI=1S/C53H31N3OS/c1-3-14-34(15-4-1)50-42-30-41(52-49(40-20-9-12-25-47(40)58-52)48(42)38-19-7-10-23-43(38)54-50)32-26-28-33(29-27-32)44-31-45(56-53(55-44)35-16-5-2-6-17-35)39-22-13-21-37-36-18-8-11-24-46(36)57-51(37)39/h1-31H. The summed E-state index contributed by atoms with van der Waals surface area (Å²) >= 11 is 1.86. The summed E-state index contributed by atoms with van der Waals surface area (Å²) in [5.74, 6) is 0.667. The molecule has 4 aromatic heterocycles. The minimum Gasteiger partial charge on any atom is -0.455 e. The number of rotatable bonds is 5. The molecule has 12 aromatic rings. The monoisotopic (exact) mass is 757 g/mol. The van der Waals surface area contributed by atoms with Gasteiger partial charge in [-0.05, 0) is 42.0 Å². The molecule has 58 heavy (non-hydrogen) atoms. The summed E-state index contributed by atoms with van der Waals surface area (Å²) in [5, 5.41) is 8.27. The fraction of sp³-hybridized carbons (Fsp3) is 0. The fourth-order valence-corrected chi connectivity index (χ4v) is 9.83. The number of hydrogen-bond acceptors (Lipinski definition) is 5. The lowest BCUT2D eigenvalue weighted by Gasteiger charge is -2.15. The predicted octanol–water partition coefficient (Wildman–Crippen LogP) is 14.8. The fourth-order valence-electron chi connectivity index (χ4n) is 8.58. The van der Waals surface area contributed by atoms with E-state index < -0.39 is 0 Å². The van der Waals surface area contributed by atoms with E-state index in [1.165, 1.54) is 36.5 Å². The van der Waals surface area contributed by atoms with Crippen LogP contribution < -0.4 is 0 Å². The van der Waals surface area contributed by atoms with E-state index in [1.54, 1.807) is 0 Å². The van der Waals surface area contributed by atoms with Crippen LogP contribution in [0.15, 0.2) is 192 Å². The molecule has 0 N–H and O–H groups in total. The normalized spacial score (nSPS) is 11.8. The van der Waals surface area contributed by atoms with Gasteiger partial charge in [-0.15, -0.1) is 11.3 Å². The third-order valence-corrected chi connectivity index (χ3v) is 12.5. The SMILES string of the molecule is c1ccc(-c2nc(-c3ccc(-c4cc5c(-c6ccccc6)nc6ccccc6c5c5c4sc4ccccc45)cc3)cc(-c3cccc4c3oc3ccccc34)n2)cc1. The Morgan fingerprint density at radius 1 is 0.397 bits per heavy atom. The number of hydrogen-bond donors (Lipinski definition) is 0. The Morgan fingerprint density at radius 3 is 1.88 bits per heavy atom. The van der Waals surface area contributed by atoms with Gasteiger partial charge >= 0.3 is 0 Å². The maximum Gasteiger partial charge on any atom is 0.160 e. The van der Waals surface area contributed by atoms with Crippen LogP contribution in [0, 0.1) is 0 Å². The molecule has 12 rings (SSSR count). The van der Waals surface area contributed by atoms with Crippen molar-refractivity contribution in [1.82, 2.24) is 15.0 Å². The molecule has 0 bridgehead atoms. The lowest BCUT2D eigenvalue weighted by molar-refractivity contribution is 0.670. The molecule has 0 amide bonds. The average molecular weight is 758 g/mol. The molecule has 4 heterocycles. The first-order chi connectivity index (χ1) is 28.7. The molecule has 0 saturated heterocycles. The molecule has 0 saturated carbocycles. The van der Waals surface area contributed by atoms with Gasteiger partial charge in [0.25, 0.3) is 0 Å². The molecular weight excluding hydrogens is 727 g/mol. The third-order valence-electron chi connectivity index (χ3n) is 11.3. The summed E-state index contributed by atoms with van der Waals surface area (Å²) in [4.78, 5) is 15.6. The number of furan rings is 1. The molecule has 0 radical (unpaired) electrons. The maximum atomic E-state index is 6.48. The maximum absolute atomic E-state index is 6.48. The van der Waals surface area contributed by atoms with Crippen LogP contribution in [-0.2, 0) is 0 Å². The highest BCUT2D eigenvalue weighted by Crippen LogP contribution is 2.48. The number of nitrogens with zero attached hydrogens (tertiary/aromatic N) is 3. The highest BCUT2D eigenvalue weighted by molar-refractivity contribution is 7.26. The van der Waals surface area contributed by atoms with E-state index in [4.69, 9.17) is 19.4 Å². The predicted molar refractivity (Wildman–Crippen MR) is 242 cm³/mol. The number of fused-ring (bicyclic) bond motifs is 10. The summed E-state index contributed by atoms with van der Waals surface area (Å²) in [5.41, 5.74) is 11.7. The minimum absolute atomic E-state index is 0.667. The molecule has 270 valence electrons. The minimum atomic E-state index is 0.667. The zero-order valence-corrected chi connectivity index (χ0v) is 31.9. The smallest absolute Gasteiger partial charge is 0.160 e. The van der Waals surface area contributed by atoms with E-state index in [-0.39, 0.29) is 0 Å². The first kappa shape index (κ1) is 32.7. The van der Waals surface area contributed by atoms with Crippen LogP contribution in [0.25, 0.3) is 120 Å². The average Bonchev–Trinajstić information content (AvgIpc) is 3.88. The third kappa shape index (κ3) is 5.18. The second-order valence-electron chi connectivity index (χ2n) is 14.7. The lowest BCUT2D eigenvalue weighted by atomic mass is 9.92. The second-order valence-corrected chi connectivity index (χ2v) is 15.7. The van der Waals surface area contributed by atoms with Crippen molar-refractivity contribution in [3.05, 3.63) is 188 Å². The van der Waals surface area contributed by atoms with E-state index in [0.29, 0.717) is 5.82 Å². The van der Waals surface area contributed by atoms with Gasteiger partial charge in [-0.25, -0.2) is 15.0 Å². The summed E-state index contributed by atoms with van der Waals surface area (Å²) in [6.07, 6.45) is 0. The summed E-state index contributed by atoms with van der Waals surface area (Å²) in [7, 11) is 0. The van der Waals surface area contributed by atoms with Crippen molar-refractivity contribution in [2.24, 2.45) is 0 Å². The molecule has 4 nitrogen and oxygen atoms in total. The Balaban J connectivity index is 1.07. The van der Waals surface area contributed by atoms with Crippen LogP contribution in [0.1, 0.15) is 0 Å². The molecule has 8 aromatic carbocycles. The molecule has 5 heteroatoms. The topological polar surface area (TPSA) is 51.8 Å². The van der Waals surface area contributed by atoms with Gasteiger partial charge in [0, 0.05) is 74.9 Å². The zero-order chi connectivity index (χ0) is 38.2. The molecule has 0 aliphatic heterocycles. The van der Waals surface area contributed by atoms with Crippen molar-refractivity contribution in [3.8, 4) is 56.3 Å². The molecule has 0 spiro atoms. The highest BCUT2D eigenvalue weighted by atomic mass is 32.1. The van der Waals surface area contributed by atoms with Crippen LogP contribution in [0.2, 0.25) is 0 Å². The lowest BCUT2D eigenvalue weighted by Crippen LogP contribution is -1.96. The van der Waals surface area contributed by atoms with E-state index in [9.17, 15) is 0 Å². The molecule has 0 aliphatic rings. The Morgan fingerprint density at radius 2 is 1.05 bits per heavy atom. The van der Waals surface area contributed by atoms with Crippen molar-refractivity contribution >= 4 is 75.1 Å². The van der Waals surface area contributed by atoms with Gasteiger partial charge in [0.2, 0.25) is 0 Å². The van der Waals surface area contributed by atoms with Gasteiger partial charge in [0.05, 0.1) is 22.6 Å². The molecule has 0 unspecified atom stereocenters. The van der Waals surface area contributed by atoms with E-state index in [1.807, 2.05) is 41.7 Å². The largest absolute Gasteiger partial charge is 0.455 e. The first-order valence-electron chi connectivity index (χ1n) is 19.4. The molecule has 0 atom stereocenters. The van der Waals surface area contributed by atoms with Crippen molar-refractivity contribution < 1.29 is 4.42 Å². The molecule has 0 fully saturated rings. The van der Waals surface area contributed by atoms with Crippen LogP contribution in [-0.4, -0.2) is 15.0 Å². The van der Waals surface area contributed by atoms with Gasteiger partial charge in [0.15, 0.2) is 5.82 Å². The number of aromatic nitrogens is 3. The van der Waals surface area contributed by atoms with Crippen LogP contribution in [0.5, 0.6) is 0 Å². The van der Waals surface area contributed by atoms with Gasteiger partial charge < -0.3 is 4.42 Å².